The molecule has 0 radical (unpaired) electrons. The van der Waals surface area contributed by atoms with Gasteiger partial charge in [-0.05, 0) is 25.5 Å². The predicted molar refractivity (Wildman–Crippen MR) is 62.9 cm³/mol. The molecule has 1 aromatic rings. The molecular weight excluding hydrogens is 224 g/mol. The van der Waals surface area contributed by atoms with Crippen LogP contribution in [-0.4, -0.2) is 26.9 Å². The molecule has 0 aliphatic rings. The molecule has 0 fully saturated rings. The smallest absolute Gasteiger partial charge is 0.290 e. The van der Waals surface area contributed by atoms with Crippen molar-refractivity contribution >= 4 is 6.47 Å². The average Bonchev–Trinajstić information content (AvgIpc) is 2.17. The van der Waals surface area contributed by atoms with E-state index < -0.39 is 5.60 Å². The van der Waals surface area contributed by atoms with Crippen LogP contribution in [-0.2, 0) is 10.4 Å². The summed E-state index contributed by atoms with van der Waals surface area (Å²) in [4.78, 5) is 8.36. The van der Waals surface area contributed by atoms with E-state index in [1.807, 2.05) is 6.92 Å². The minimum atomic E-state index is -1.04. The number of rotatable bonds is 3. The standard InChI is InChI=1S/C11H16O3.CH2O2/c1-3-6-11(2,14)9-5-4-8(12)7-10(9)13;2-1-3/h4-5,7,12-14H,3,6H2,1-2H3;1H,(H,2,3). The molecule has 0 aliphatic carbocycles. The molecule has 0 amide bonds. The summed E-state index contributed by atoms with van der Waals surface area (Å²) >= 11 is 0. The van der Waals surface area contributed by atoms with Gasteiger partial charge in [0.05, 0.1) is 5.60 Å². The molecule has 5 heteroatoms. The first-order chi connectivity index (χ1) is 7.88. The van der Waals surface area contributed by atoms with E-state index >= 15 is 0 Å². The molecular formula is C12H18O5. The predicted octanol–water partition coefficient (Wildman–Crippen LogP) is 1.81. The molecule has 5 nitrogen and oxygen atoms in total. The second-order valence-corrected chi connectivity index (χ2v) is 3.83. The number of phenols is 2. The Morgan fingerprint density at radius 1 is 1.35 bits per heavy atom. The maximum Gasteiger partial charge on any atom is 0.290 e. The lowest BCUT2D eigenvalue weighted by Gasteiger charge is -2.24. The van der Waals surface area contributed by atoms with Crippen molar-refractivity contribution < 1.29 is 25.2 Å². The minimum Gasteiger partial charge on any atom is -0.508 e. The van der Waals surface area contributed by atoms with Crippen LogP contribution in [0, 0.1) is 0 Å². The molecule has 17 heavy (non-hydrogen) atoms. The number of aromatic hydroxyl groups is 2. The summed E-state index contributed by atoms with van der Waals surface area (Å²) in [7, 11) is 0. The Morgan fingerprint density at radius 2 is 1.88 bits per heavy atom. The Kier molecular flexibility index (Phi) is 6.06. The van der Waals surface area contributed by atoms with Crippen molar-refractivity contribution in [1.29, 1.82) is 0 Å². The van der Waals surface area contributed by atoms with Crippen molar-refractivity contribution in [3.63, 3.8) is 0 Å². The number of benzene rings is 1. The van der Waals surface area contributed by atoms with Gasteiger partial charge in [-0.3, -0.25) is 4.79 Å². The van der Waals surface area contributed by atoms with E-state index in [0.29, 0.717) is 12.0 Å². The zero-order valence-corrected chi connectivity index (χ0v) is 9.92. The van der Waals surface area contributed by atoms with Gasteiger partial charge < -0.3 is 20.4 Å². The first-order valence-corrected chi connectivity index (χ1v) is 5.21. The summed E-state index contributed by atoms with van der Waals surface area (Å²) in [5.41, 5.74) is -0.579. The van der Waals surface area contributed by atoms with Crippen LogP contribution in [0.2, 0.25) is 0 Å². The molecule has 0 heterocycles. The summed E-state index contributed by atoms with van der Waals surface area (Å²) in [6, 6.07) is 4.24. The fourth-order valence-electron chi connectivity index (χ4n) is 1.60. The zero-order chi connectivity index (χ0) is 13.5. The van der Waals surface area contributed by atoms with E-state index in [-0.39, 0.29) is 18.0 Å². The molecule has 1 atom stereocenters. The van der Waals surface area contributed by atoms with Crippen LogP contribution >= 0.6 is 0 Å². The summed E-state index contributed by atoms with van der Waals surface area (Å²) in [5, 5.41) is 35.5. The average molecular weight is 242 g/mol. The highest BCUT2D eigenvalue weighted by atomic mass is 16.3. The van der Waals surface area contributed by atoms with E-state index in [1.165, 1.54) is 12.1 Å². The Labute approximate surface area is 100.0 Å². The molecule has 0 aliphatic heterocycles. The van der Waals surface area contributed by atoms with Crippen molar-refractivity contribution in [1.82, 2.24) is 0 Å². The molecule has 4 N–H and O–H groups in total. The van der Waals surface area contributed by atoms with Gasteiger partial charge in [-0.15, -0.1) is 0 Å². The second-order valence-electron chi connectivity index (χ2n) is 3.83. The Balaban J connectivity index is 0.000000770. The van der Waals surface area contributed by atoms with Gasteiger partial charge in [-0.2, -0.15) is 0 Å². The van der Waals surface area contributed by atoms with E-state index in [1.54, 1.807) is 13.0 Å². The normalized spacial score (nSPS) is 13.1. The highest BCUT2D eigenvalue weighted by Crippen LogP contribution is 2.34. The van der Waals surface area contributed by atoms with Gasteiger partial charge in [-0.1, -0.05) is 13.3 Å². The highest BCUT2D eigenvalue weighted by molar-refractivity contribution is 5.41. The van der Waals surface area contributed by atoms with Gasteiger partial charge in [0.2, 0.25) is 0 Å². The molecule has 0 bridgehead atoms. The van der Waals surface area contributed by atoms with Gasteiger partial charge in [0.1, 0.15) is 11.5 Å². The summed E-state index contributed by atoms with van der Waals surface area (Å²) in [5.74, 6) is -0.0676. The largest absolute Gasteiger partial charge is 0.508 e. The topological polar surface area (TPSA) is 98.0 Å². The quantitative estimate of drug-likeness (QED) is 0.606. The van der Waals surface area contributed by atoms with Crippen molar-refractivity contribution in [3.05, 3.63) is 23.8 Å². The fourth-order valence-corrected chi connectivity index (χ4v) is 1.60. The molecule has 1 aromatic carbocycles. The van der Waals surface area contributed by atoms with E-state index in [2.05, 4.69) is 0 Å². The van der Waals surface area contributed by atoms with Gasteiger partial charge in [-0.25, -0.2) is 0 Å². The second kappa shape index (κ2) is 6.75. The number of carboxylic acid groups (broad SMARTS) is 1. The Hall–Kier alpha value is -1.75. The summed E-state index contributed by atoms with van der Waals surface area (Å²) < 4.78 is 0. The Morgan fingerprint density at radius 3 is 2.29 bits per heavy atom. The van der Waals surface area contributed by atoms with Gasteiger partial charge in [0, 0.05) is 11.6 Å². The van der Waals surface area contributed by atoms with Gasteiger partial charge >= 0.3 is 0 Å². The third-order valence-corrected chi connectivity index (χ3v) is 2.30. The van der Waals surface area contributed by atoms with Crippen molar-refractivity contribution in [2.75, 3.05) is 0 Å². The third kappa shape index (κ3) is 4.74. The molecule has 1 unspecified atom stereocenters. The van der Waals surface area contributed by atoms with Crippen LogP contribution in [0.1, 0.15) is 32.3 Å². The monoisotopic (exact) mass is 242 g/mol. The van der Waals surface area contributed by atoms with Crippen LogP contribution in [0.5, 0.6) is 11.5 Å². The maximum absolute atomic E-state index is 10.0. The van der Waals surface area contributed by atoms with Crippen molar-refractivity contribution in [3.8, 4) is 11.5 Å². The maximum atomic E-state index is 10.0. The number of aliphatic hydroxyl groups is 1. The number of hydrogen-bond donors (Lipinski definition) is 4. The van der Waals surface area contributed by atoms with Crippen molar-refractivity contribution in [2.45, 2.75) is 32.3 Å². The molecule has 0 spiro atoms. The van der Waals surface area contributed by atoms with Crippen LogP contribution in [0.3, 0.4) is 0 Å². The summed E-state index contributed by atoms with van der Waals surface area (Å²) in [6.07, 6.45) is 1.40. The lowest BCUT2D eigenvalue weighted by molar-refractivity contribution is -0.122. The van der Waals surface area contributed by atoms with Crippen LogP contribution < -0.4 is 0 Å². The molecule has 1 rings (SSSR count). The highest BCUT2D eigenvalue weighted by Gasteiger charge is 2.25. The van der Waals surface area contributed by atoms with Gasteiger partial charge in [0.15, 0.2) is 0 Å². The van der Waals surface area contributed by atoms with E-state index in [9.17, 15) is 10.2 Å². The van der Waals surface area contributed by atoms with Crippen molar-refractivity contribution in [2.24, 2.45) is 0 Å². The SMILES string of the molecule is CCCC(C)(O)c1ccc(O)cc1O.O=CO. The summed E-state index contributed by atoms with van der Waals surface area (Å²) in [6.45, 7) is 3.37. The van der Waals surface area contributed by atoms with E-state index in [4.69, 9.17) is 15.0 Å². The first kappa shape index (κ1) is 15.2. The first-order valence-electron chi connectivity index (χ1n) is 5.21. The third-order valence-electron chi connectivity index (χ3n) is 2.30. The zero-order valence-electron chi connectivity index (χ0n) is 9.92. The number of hydrogen-bond acceptors (Lipinski definition) is 4. The molecule has 0 saturated carbocycles. The number of phenolic OH excluding ortho intramolecular Hbond substituents is 2. The van der Waals surface area contributed by atoms with E-state index in [0.717, 1.165) is 6.42 Å². The fraction of sp³-hybridized carbons (Fsp3) is 0.417. The molecule has 0 saturated heterocycles. The Bertz CT molecular complexity index is 360. The van der Waals surface area contributed by atoms with Crippen LogP contribution in [0.4, 0.5) is 0 Å². The van der Waals surface area contributed by atoms with Gasteiger partial charge in [0.25, 0.3) is 6.47 Å². The number of carbonyl (C=O) groups is 1. The molecule has 0 aromatic heterocycles. The lowest BCUT2D eigenvalue weighted by atomic mass is 9.90. The lowest BCUT2D eigenvalue weighted by Crippen LogP contribution is -2.20. The molecule has 96 valence electrons. The van der Waals surface area contributed by atoms with Crippen LogP contribution in [0.25, 0.3) is 0 Å². The van der Waals surface area contributed by atoms with Crippen LogP contribution in [0.15, 0.2) is 18.2 Å². The minimum absolute atomic E-state index is 0.00134.